The van der Waals surface area contributed by atoms with Gasteiger partial charge in [0.2, 0.25) is 11.8 Å². The summed E-state index contributed by atoms with van der Waals surface area (Å²) >= 11 is 1.45. The van der Waals surface area contributed by atoms with Crippen molar-refractivity contribution in [3.63, 3.8) is 0 Å². The summed E-state index contributed by atoms with van der Waals surface area (Å²) in [7, 11) is 0. The van der Waals surface area contributed by atoms with Gasteiger partial charge in [-0.2, -0.15) is 11.8 Å². The molecular formula is C18H25N3O6S. The molecule has 0 fully saturated rings. The highest BCUT2D eigenvalue weighted by Crippen LogP contribution is 2.09. The number of carbonyl (C=O) groups excluding carboxylic acids is 2. The lowest BCUT2D eigenvalue weighted by Gasteiger charge is -2.18. The minimum absolute atomic E-state index is 0.0637. The molecule has 28 heavy (non-hydrogen) atoms. The van der Waals surface area contributed by atoms with E-state index >= 15 is 0 Å². The van der Waals surface area contributed by atoms with Gasteiger partial charge in [-0.05, 0) is 24.2 Å². The highest BCUT2D eigenvalue weighted by atomic mass is 32.2. The Hall–Kier alpha value is -2.59. The van der Waals surface area contributed by atoms with Crippen molar-refractivity contribution in [2.45, 2.75) is 31.3 Å². The number of carboxylic acid groups (broad SMARTS) is 2. The van der Waals surface area contributed by atoms with Crippen molar-refractivity contribution < 1.29 is 29.4 Å². The average Bonchev–Trinajstić information content (AvgIpc) is 2.67. The van der Waals surface area contributed by atoms with Gasteiger partial charge in [-0.3, -0.25) is 19.2 Å². The molecule has 0 aliphatic carbocycles. The van der Waals surface area contributed by atoms with Crippen LogP contribution >= 0.6 is 11.8 Å². The molecule has 1 rings (SSSR count). The van der Waals surface area contributed by atoms with Crippen molar-refractivity contribution in [3.8, 4) is 0 Å². The fourth-order valence-electron chi connectivity index (χ4n) is 2.18. The largest absolute Gasteiger partial charge is 0.480 e. The Morgan fingerprint density at radius 2 is 1.79 bits per heavy atom. The molecule has 1 aromatic carbocycles. The maximum atomic E-state index is 12.2. The van der Waals surface area contributed by atoms with Crippen LogP contribution in [0.15, 0.2) is 30.3 Å². The highest BCUT2D eigenvalue weighted by molar-refractivity contribution is 7.99. The molecule has 6 N–H and O–H groups in total. The second kappa shape index (κ2) is 12.7. The van der Waals surface area contributed by atoms with Crippen molar-refractivity contribution >= 4 is 35.5 Å². The zero-order chi connectivity index (χ0) is 20.9. The molecule has 0 bridgehead atoms. The Morgan fingerprint density at radius 1 is 1.11 bits per heavy atom. The van der Waals surface area contributed by atoms with E-state index in [1.807, 2.05) is 30.3 Å². The van der Waals surface area contributed by atoms with E-state index < -0.39 is 42.4 Å². The molecule has 0 spiro atoms. The van der Waals surface area contributed by atoms with Crippen molar-refractivity contribution in [2.24, 2.45) is 5.73 Å². The van der Waals surface area contributed by atoms with Gasteiger partial charge in [-0.15, -0.1) is 0 Å². The quantitative estimate of drug-likeness (QED) is 0.280. The maximum absolute atomic E-state index is 12.2. The number of hydrogen-bond acceptors (Lipinski definition) is 6. The lowest BCUT2D eigenvalue weighted by Crippen LogP contribution is -2.49. The van der Waals surface area contributed by atoms with E-state index in [0.29, 0.717) is 5.75 Å². The average molecular weight is 411 g/mol. The summed E-state index contributed by atoms with van der Waals surface area (Å²) in [5.74, 6) is -2.55. The second-order valence-corrected chi connectivity index (χ2v) is 7.18. The van der Waals surface area contributed by atoms with E-state index in [0.717, 1.165) is 12.0 Å². The van der Waals surface area contributed by atoms with Gasteiger partial charge >= 0.3 is 11.9 Å². The molecule has 0 aliphatic heterocycles. The number of aryl methyl sites for hydroxylation is 1. The van der Waals surface area contributed by atoms with Crippen LogP contribution in [0.25, 0.3) is 0 Å². The Kier molecular flexibility index (Phi) is 10.7. The summed E-state index contributed by atoms with van der Waals surface area (Å²) in [6, 6.07) is 7.69. The number of aliphatic carboxylic acids is 2. The Morgan fingerprint density at radius 3 is 2.39 bits per heavy atom. The van der Waals surface area contributed by atoms with Crippen LogP contribution < -0.4 is 16.4 Å². The van der Waals surface area contributed by atoms with Gasteiger partial charge in [0.1, 0.15) is 18.6 Å². The SMILES string of the molecule is N[C@@H](CCC(=O)N[C@@H](CSCCc1ccccc1)C(=O)NCC(=O)O)C(=O)O. The van der Waals surface area contributed by atoms with Crippen LogP contribution in [-0.2, 0) is 25.6 Å². The Labute approximate surface area is 167 Å². The monoisotopic (exact) mass is 411 g/mol. The number of carbonyl (C=O) groups is 4. The van der Waals surface area contributed by atoms with E-state index in [1.54, 1.807) is 0 Å². The minimum atomic E-state index is -1.21. The number of nitrogens with one attached hydrogen (secondary N) is 2. The zero-order valence-corrected chi connectivity index (χ0v) is 16.1. The van der Waals surface area contributed by atoms with Crippen LogP contribution in [0.2, 0.25) is 0 Å². The van der Waals surface area contributed by atoms with E-state index in [4.69, 9.17) is 15.9 Å². The molecule has 2 amide bonds. The fourth-order valence-corrected chi connectivity index (χ4v) is 3.20. The number of amides is 2. The van der Waals surface area contributed by atoms with Crippen LogP contribution in [0, 0.1) is 0 Å². The molecule has 9 nitrogen and oxygen atoms in total. The molecule has 10 heteroatoms. The van der Waals surface area contributed by atoms with Crippen LogP contribution in [0.3, 0.4) is 0 Å². The van der Waals surface area contributed by atoms with Gasteiger partial charge in [0.15, 0.2) is 0 Å². The summed E-state index contributed by atoms with van der Waals surface area (Å²) in [6.07, 6.45) is 0.576. The molecule has 0 heterocycles. The van der Waals surface area contributed by atoms with Gasteiger partial charge in [-0.25, -0.2) is 0 Å². The van der Waals surface area contributed by atoms with Crippen LogP contribution in [0.5, 0.6) is 0 Å². The summed E-state index contributed by atoms with van der Waals surface area (Å²) in [5.41, 5.74) is 6.51. The smallest absolute Gasteiger partial charge is 0.322 e. The molecular weight excluding hydrogens is 386 g/mol. The topological polar surface area (TPSA) is 159 Å². The van der Waals surface area contributed by atoms with Gasteiger partial charge in [0.25, 0.3) is 0 Å². The van der Waals surface area contributed by atoms with E-state index in [1.165, 1.54) is 11.8 Å². The van der Waals surface area contributed by atoms with Gasteiger partial charge in [-0.1, -0.05) is 30.3 Å². The van der Waals surface area contributed by atoms with Crippen molar-refractivity contribution in [1.82, 2.24) is 10.6 Å². The second-order valence-electron chi connectivity index (χ2n) is 6.03. The maximum Gasteiger partial charge on any atom is 0.322 e. The van der Waals surface area contributed by atoms with Crippen LogP contribution in [0.1, 0.15) is 18.4 Å². The first kappa shape index (κ1) is 23.4. The first-order chi connectivity index (χ1) is 13.3. The van der Waals surface area contributed by atoms with Crippen molar-refractivity contribution in [2.75, 3.05) is 18.1 Å². The molecule has 0 aliphatic rings. The van der Waals surface area contributed by atoms with E-state index in [9.17, 15) is 19.2 Å². The normalized spacial score (nSPS) is 12.6. The molecule has 2 atom stereocenters. The van der Waals surface area contributed by atoms with Gasteiger partial charge < -0.3 is 26.6 Å². The minimum Gasteiger partial charge on any atom is -0.480 e. The molecule has 1 aromatic rings. The van der Waals surface area contributed by atoms with Crippen molar-refractivity contribution in [1.29, 1.82) is 0 Å². The number of rotatable bonds is 13. The molecule has 0 aromatic heterocycles. The fraction of sp³-hybridized carbons (Fsp3) is 0.444. The molecule has 0 radical (unpaired) electrons. The van der Waals surface area contributed by atoms with Crippen molar-refractivity contribution in [3.05, 3.63) is 35.9 Å². The number of hydrogen-bond donors (Lipinski definition) is 5. The highest BCUT2D eigenvalue weighted by Gasteiger charge is 2.22. The molecule has 0 unspecified atom stereocenters. The third-order valence-electron chi connectivity index (χ3n) is 3.73. The lowest BCUT2D eigenvalue weighted by atomic mass is 10.1. The Bertz CT molecular complexity index is 671. The number of carboxylic acids is 2. The molecule has 0 saturated heterocycles. The predicted molar refractivity (Wildman–Crippen MR) is 105 cm³/mol. The summed E-state index contributed by atoms with van der Waals surface area (Å²) in [5, 5.41) is 22.2. The third kappa shape index (κ3) is 9.93. The van der Waals surface area contributed by atoms with Crippen LogP contribution in [-0.4, -0.2) is 64.1 Å². The standard InChI is InChI=1S/C18H25N3O6S/c19-13(18(26)27)6-7-15(22)21-14(17(25)20-10-16(23)24)11-28-9-8-12-4-2-1-3-5-12/h1-5,13-14H,6-11,19H2,(H,20,25)(H,21,22)(H,23,24)(H,26,27)/t13-,14-/m0/s1. The lowest BCUT2D eigenvalue weighted by molar-refractivity contribution is -0.139. The van der Waals surface area contributed by atoms with E-state index in [-0.39, 0.29) is 18.6 Å². The predicted octanol–water partition coefficient (Wildman–Crippen LogP) is -0.160. The third-order valence-corrected chi connectivity index (χ3v) is 4.79. The Balaban J connectivity index is 2.52. The first-order valence-electron chi connectivity index (χ1n) is 8.68. The van der Waals surface area contributed by atoms with Crippen LogP contribution in [0.4, 0.5) is 0 Å². The van der Waals surface area contributed by atoms with Gasteiger partial charge in [0.05, 0.1) is 0 Å². The zero-order valence-electron chi connectivity index (χ0n) is 15.3. The summed E-state index contributed by atoms with van der Waals surface area (Å²) < 4.78 is 0. The molecule has 0 saturated carbocycles. The molecule has 154 valence electrons. The summed E-state index contributed by atoms with van der Waals surface area (Å²) in [4.78, 5) is 45.5. The first-order valence-corrected chi connectivity index (χ1v) is 9.84. The number of thioether (sulfide) groups is 1. The van der Waals surface area contributed by atoms with E-state index in [2.05, 4.69) is 10.6 Å². The number of benzene rings is 1. The number of nitrogens with two attached hydrogens (primary N) is 1. The summed E-state index contributed by atoms with van der Waals surface area (Å²) in [6.45, 7) is -0.552. The van der Waals surface area contributed by atoms with Gasteiger partial charge in [0, 0.05) is 12.2 Å².